The van der Waals surface area contributed by atoms with Crippen LogP contribution in [0.3, 0.4) is 0 Å². The molecule has 0 spiro atoms. The molecule has 16 heavy (non-hydrogen) atoms. The number of aliphatic hydroxyl groups is 2. The van der Waals surface area contributed by atoms with Gasteiger partial charge >= 0.3 is 29.6 Å². The molecule has 0 aliphatic rings. The van der Waals surface area contributed by atoms with Crippen molar-refractivity contribution in [3.63, 3.8) is 0 Å². The van der Waals surface area contributed by atoms with Crippen molar-refractivity contribution in [1.82, 2.24) is 0 Å². The first-order chi connectivity index (χ1) is 6.55. The van der Waals surface area contributed by atoms with Gasteiger partial charge in [0, 0.05) is 0 Å². The van der Waals surface area contributed by atoms with Crippen molar-refractivity contribution >= 4 is 20.2 Å². The standard InChI is InChI=1S/C5H12O8S2.Na/c6-4(14(8,9)10)2-1-3-5(7)15(11,12)13;/h4-7H,1-3H2,(H,8,9,10)(H,11,12,13);/q;+1. The Morgan fingerprint density at radius 2 is 1.06 bits per heavy atom. The normalized spacial score (nSPS) is 16.2. The Hall–Kier alpha value is 0.740. The molecule has 0 aromatic rings. The SMILES string of the molecule is O=S(=O)(O)C(O)CCCC(O)S(=O)(=O)O.[Na+]. The van der Waals surface area contributed by atoms with Crippen LogP contribution in [0.5, 0.6) is 0 Å². The van der Waals surface area contributed by atoms with Crippen molar-refractivity contribution in [2.75, 3.05) is 0 Å². The predicted molar refractivity (Wildman–Crippen MR) is 49.0 cm³/mol. The van der Waals surface area contributed by atoms with Gasteiger partial charge in [0.15, 0.2) is 10.9 Å². The Bertz CT molecular complexity index is 349. The third-order valence-corrected chi connectivity index (χ3v) is 3.44. The molecule has 2 atom stereocenters. The van der Waals surface area contributed by atoms with Gasteiger partial charge in [-0.05, 0) is 19.3 Å². The van der Waals surface area contributed by atoms with Crippen LogP contribution in [0.15, 0.2) is 0 Å². The van der Waals surface area contributed by atoms with Gasteiger partial charge in [-0.25, -0.2) is 0 Å². The van der Waals surface area contributed by atoms with Gasteiger partial charge in [-0.2, -0.15) is 16.8 Å². The van der Waals surface area contributed by atoms with E-state index in [0.29, 0.717) is 0 Å². The van der Waals surface area contributed by atoms with Crippen molar-refractivity contribution in [1.29, 1.82) is 0 Å². The van der Waals surface area contributed by atoms with Gasteiger partial charge in [-0.1, -0.05) is 0 Å². The summed E-state index contributed by atoms with van der Waals surface area (Å²) in [4.78, 5) is 0. The quantitative estimate of drug-likeness (QED) is 0.282. The molecule has 4 N–H and O–H groups in total. The van der Waals surface area contributed by atoms with Crippen LogP contribution < -0.4 is 29.6 Å². The van der Waals surface area contributed by atoms with Crippen LogP contribution in [0.4, 0.5) is 0 Å². The van der Waals surface area contributed by atoms with Gasteiger partial charge in [0.1, 0.15) is 0 Å². The second-order valence-corrected chi connectivity index (χ2v) is 6.02. The van der Waals surface area contributed by atoms with Crippen LogP contribution in [-0.4, -0.2) is 47.0 Å². The molecule has 0 radical (unpaired) electrons. The summed E-state index contributed by atoms with van der Waals surface area (Å²) >= 11 is 0. The van der Waals surface area contributed by atoms with Gasteiger partial charge in [0.05, 0.1) is 0 Å². The molecule has 0 rings (SSSR count). The minimum atomic E-state index is -4.57. The molecule has 0 saturated heterocycles. The van der Waals surface area contributed by atoms with E-state index >= 15 is 0 Å². The number of hydrogen-bond donors (Lipinski definition) is 4. The van der Waals surface area contributed by atoms with E-state index in [1.54, 1.807) is 0 Å². The maximum Gasteiger partial charge on any atom is 1.00 e. The van der Waals surface area contributed by atoms with Gasteiger partial charge in [-0.3, -0.25) is 9.11 Å². The van der Waals surface area contributed by atoms with Crippen molar-refractivity contribution in [2.24, 2.45) is 0 Å². The van der Waals surface area contributed by atoms with Crippen molar-refractivity contribution in [3.8, 4) is 0 Å². The van der Waals surface area contributed by atoms with Crippen molar-refractivity contribution in [3.05, 3.63) is 0 Å². The van der Waals surface area contributed by atoms with Gasteiger partial charge in [-0.15, -0.1) is 0 Å². The first-order valence-electron chi connectivity index (χ1n) is 3.84. The fraction of sp³-hybridized carbons (Fsp3) is 1.00. The zero-order valence-corrected chi connectivity index (χ0v) is 12.1. The summed E-state index contributed by atoms with van der Waals surface area (Å²) in [6.45, 7) is 0. The van der Waals surface area contributed by atoms with Crippen LogP contribution in [0.25, 0.3) is 0 Å². The topological polar surface area (TPSA) is 149 Å². The van der Waals surface area contributed by atoms with E-state index in [0.717, 1.165) is 0 Å². The second-order valence-electron chi connectivity index (χ2n) is 2.87. The van der Waals surface area contributed by atoms with Crippen LogP contribution in [0, 0.1) is 0 Å². The van der Waals surface area contributed by atoms with Crippen LogP contribution >= 0.6 is 0 Å². The zero-order valence-electron chi connectivity index (χ0n) is 8.51. The van der Waals surface area contributed by atoms with E-state index in [-0.39, 0.29) is 36.0 Å². The number of aliphatic hydroxyl groups excluding tert-OH is 2. The van der Waals surface area contributed by atoms with E-state index in [9.17, 15) is 16.8 Å². The van der Waals surface area contributed by atoms with Gasteiger partial charge in [0.2, 0.25) is 0 Å². The third-order valence-electron chi connectivity index (χ3n) is 1.59. The van der Waals surface area contributed by atoms with E-state index in [1.807, 2.05) is 0 Å². The molecule has 0 fully saturated rings. The molecule has 0 heterocycles. The molecule has 0 amide bonds. The summed E-state index contributed by atoms with van der Waals surface area (Å²) in [5.41, 5.74) is -4.04. The monoisotopic (exact) mass is 287 g/mol. The number of rotatable bonds is 6. The van der Waals surface area contributed by atoms with Crippen LogP contribution in [0.1, 0.15) is 19.3 Å². The van der Waals surface area contributed by atoms with E-state index in [4.69, 9.17) is 19.3 Å². The molecule has 0 aromatic carbocycles. The second kappa shape index (κ2) is 7.24. The minimum absolute atomic E-state index is 0. The van der Waals surface area contributed by atoms with Crippen LogP contribution in [0.2, 0.25) is 0 Å². The largest absolute Gasteiger partial charge is 1.00 e. The smallest absolute Gasteiger partial charge is 0.375 e. The Morgan fingerprint density at radius 3 is 1.25 bits per heavy atom. The van der Waals surface area contributed by atoms with E-state index < -0.39 is 43.9 Å². The molecule has 2 unspecified atom stereocenters. The molecule has 0 saturated carbocycles. The Kier molecular flexibility index (Phi) is 8.63. The Balaban J connectivity index is 0. The molecule has 0 bridgehead atoms. The summed E-state index contributed by atoms with van der Waals surface area (Å²) in [5.74, 6) is 0. The maximum absolute atomic E-state index is 10.3. The summed E-state index contributed by atoms with van der Waals surface area (Å²) in [6.07, 6.45) is -1.07. The minimum Gasteiger partial charge on any atom is -0.375 e. The summed E-state index contributed by atoms with van der Waals surface area (Å²) in [7, 11) is -9.15. The van der Waals surface area contributed by atoms with Crippen molar-refractivity contribution in [2.45, 2.75) is 30.1 Å². The third kappa shape index (κ3) is 7.92. The summed E-state index contributed by atoms with van der Waals surface area (Å²) < 4.78 is 57.7. The molecular weight excluding hydrogens is 275 g/mol. The summed E-state index contributed by atoms with van der Waals surface area (Å²) in [5, 5.41) is 17.5. The zero-order chi connectivity index (χ0) is 12.3. The first-order valence-corrected chi connectivity index (χ1v) is 6.84. The number of hydrogen-bond acceptors (Lipinski definition) is 6. The molecular formula is C5H12NaO8S2+. The van der Waals surface area contributed by atoms with E-state index in [1.165, 1.54) is 0 Å². The molecule has 0 aliphatic carbocycles. The average Bonchev–Trinajstić information content (AvgIpc) is 2.00. The molecule has 8 nitrogen and oxygen atoms in total. The first kappa shape index (κ1) is 19.1. The fourth-order valence-electron chi connectivity index (χ4n) is 0.765. The van der Waals surface area contributed by atoms with E-state index in [2.05, 4.69) is 0 Å². The average molecular weight is 287 g/mol. The summed E-state index contributed by atoms with van der Waals surface area (Å²) in [6, 6.07) is 0. The Labute approximate surface area is 115 Å². The van der Waals surface area contributed by atoms with Gasteiger partial charge < -0.3 is 10.2 Å². The molecule has 0 aliphatic heterocycles. The molecule has 0 aromatic heterocycles. The molecule has 92 valence electrons. The predicted octanol–water partition coefficient (Wildman–Crippen LogP) is -4.43. The molecule has 11 heteroatoms. The Morgan fingerprint density at radius 1 is 0.812 bits per heavy atom. The van der Waals surface area contributed by atoms with Crippen molar-refractivity contribution < 1.29 is 65.7 Å². The van der Waals surface area contributed by atoms with Crippen LogP contribution in [-0.2, 0) is 20.2 Å². The fourth-order valence-corrected chi connectivity index (χ4v) is 1.69. The van der Waals surface area contributed by atoms with Gasteiger partial charge in [0.25, 0.3) is 20.2 Å². The maximum atomic E-state index is 10.3.